The number of hydrogen-bond acceptors (Lipinski definition) is 2. The number of fused-ring (bicyclic) bond motifs is 1. The third-order valence-electron chi connectivity index (χ3n) is 3.27. The Bertz CT molecular complexity index is 656. The average molecular weight is 317 g/mol. The first-order valence-electron chi connectivity index (χ1n) is 6.55. The van der Waals surface area contributed by atoms with Crippen molar-refractivity contribution in [2.24, 2.45) is 5.73 Å². The van der Waals surface area contributed by atoms with Crippen molar-refractivity contribution in [1.82, 2.24) is 10.3 Å². The second-order valence-corrected chi connectivity index (χ2v) is 4.95. The molecule has 0 fully saturated rings. The second kappa shape index (κ2) is 6.35. The lowest BCUT2D eigenvalue weighted by Crippen LogP contribution is -2.48. The van der Waals surface area contributed by atoms with E-state index in [1.807, 2.05) is 24.3 Å². The Balaban J connectivity index is 1.97. The number of hydrogen-bond donors (Lipinski definition) is 3. The van der Waals surface area contributed by atoms with Gasteiger partial charge in [-0.05, 0) is 18.1 Å². The molecule has 0 aliphatic carbocycles. The molecule has 2 aromatic rings. The summed E-state index contributed by atoms with van der Waals surface area (Å²) in [6, 6.07) is 6.22. The third-order valence-corrected chi connectivity index (χ3v) is 3.27. The van der Waals surface area contributed by atoms with Gasteiger partial charge in [-0.15, -0.1) is 0 Å². The van der Waals surface area contributed by atoms with Crippen molar-refractivity contribution in [2.45, 2.75) is 24.8 Å². The van der Waals surface area contributed by atoms with Crippen molar-refractivity contribution in [3.05, 3.63) is 36.0 Å². The quantitative estimate of drug-likeness (QED) is 0.714. The van der Waals surface area contributed by atoms with Crippen LogP contribution >= 0.6 is 0 Å². The number of aromatic nitrogens is 1. The van der Waals surface area contributed by atoms with Gasteiger partial charge < -0.3 is 16.0 Å². The number of alkyl halides is 4. The molecule has 1 amide bonds. The van der Waals surface area contributed by atoms with Crippen LogP contribution in [0, 0.1) is 0 Å². The molecule has 22 heavy (non-hydrogen) atoms. The van der Waals surface area contributed by atoms with Crippen molar-refractivity contribution < 1.29 is 22.4 Å². The van der Waals surface area contributed by atoms with E-state index >= 15 is 0 Å². The van der Waals surface area contributed by atoms with E-state index in [1.165, 1.54) is 0 Å². The first-order valence-corrected chi connectivity index (χ1v) is 6.55. The number of rotatable bonds is 6. The summed E-state index contributed by atoms with van der Waals surface area (Å²) in [5, 5.41) is 2.62. The van der Waals surface area contributed by atoms with Gasteiger partial charge in [0.2, 0.25) is 5.91 Å². The van der Waals surface area contributed by atoms with Crippen LogP contribution < -0.4 is 11.1 Å². The number of benzene rings is 1. The summed E-state index contributed by atoms with van der Waals surface area (Å²) in [5.41, 5.74) is 7.25. The normalized spacial score (nSPS) is 13.5. The van der Waals surface area contributed by atoms with Crippen LogP contribution in [0.2, 0.25) is 0 Å². The van der Waals surface area contributed by atoms with Crippen LogP contribution in [0.25, 0.3) is 10.9 Å². The minimum atomic E-state index is -4.27. The van der Waals surface area contributed by atoms with Gasteiger partial charge in [0.1, 0.15) is 0 Å². The number of H-pyrrole nitrogens is 1. The summed E-state index contributed by atoms with van der Waals surface area (Å²) in [5.74, 6) is -5.17. The Kier molecular flexibility index (Phi) is 4.70. The standard InChI is InChI=1S/C14H15F4N3O/c15-13(16)14(17,18)7-21-12(22)10(19)5-8-6-20-11-4-2-1-3-9(8)11/h1-4,6,10,13,20H,5,7,19H2,(H,21,22)/t10-/m0/s1. The average Bonchev–Trinajstić information content (AvgIpc) is 2.88. The van der Waals surface area contributed by atoms with Gasteiger partial charge in [-0.2, -0.15) is 8.78 Å². The topological polar surface area (TPSA) is 70.9 Å². The van der Waals surface area contributed by atoms with Gasteiger partial charge in [0.15, 0.2) is 0 Å². The molecule has 0 aliphatic heterocycles. The predicted molar refractivity (Wildman–Crippen MR) is 73.9 cm³/mol. The van der Waals surface area contributed by atoms with Crippen molar-refractivity contribution in [1.29, 1.82) is 0 Å². The maximum absolute atomic E-state index is 12.7. The smallest absolute Gasteiger partial charge is 0.324 e. The molecule has 2 rings (SSSR count). The lowest BCUT2D eigenvalue weighted by Gasteiger charge is -2.17. The Labute approximate surface area is 123 Å². The maximum atomic E-state index is 12.7. The number of carbonyl (C=O) groups is 1. The number of nitrogens with two attached hydrogens (primary N) is 1. The number of aromatic amines is 1. The van der Waals surface area contributed by atoms with Crippen LogP contribution in [0.4, 0.5) is 17.6 Å². The SMILES string of the molecule is N[C@@H](Cc1c[nH]c2ccccc12)C(=O)NCC(F)(F)C(F)F. The number of carbonyl (C=O) groups excluding carboxylic acids is 1. The fraction of sp³-hybridized carbons (Fsp3) is 0.357. The van der Waals surface area contributed by atoms with E-state index in [0.29, 0.717) is 0 Å². The summed E-state index contributed by atoms with van der Waals surface area (Å²) in [6.07, 6.45) is -2.06. The number of nitrogens with one attached hydrogen (secondary N) is 2. The van der Waals surface area contributed by atoms with Crippen LogP contribution in [0.15, 0.2) is 30.5 Å². The van der Waals surface area contributed by atoms with E-state index in [4.69, 9.17) is 5.73 Å². The van der Waals surface area contributed by atoms with Gasteiger partial charge in [0, 0.05) is 17.1 Å². The van der Waals surface area contributed by atoms with Crippen molar-refractivity contribution in [3.8, 4) is 0 Å². The zero-order chi connectivity index (χ0) is 16.3. The summed E-state index contributed by atoms with van der Waals surface area (Å²) in [7, 11) is 0. The van der Waals surface area contributed by atoms with E-state index in [1.54, 1.807) is 11.5 Å². The predicted octanol–water partition coefficient (Wildman–Crippen LogP) is 2.05. The van der Waals surface area contributed by atoms with Gasteiger partial charge in [-0.1, -0.05) is 18.2 Å². The fourth-order valence-corrected chi connectivity index (χ4v) is 2.04. The van der Waals surface area contributed by atoms with Gasteiger partial charge >= 0.3 is 12.3 Å². The fourth-order valence-electron chi connectivity index (χ4n) is 2.04. The highest BCUT2D eigenvalue weighted by Crippen LogP contribution is 2.22. The highest BCUT2D eigenvalue weighted by Gasteiger charge is 2.41. The Morgan fingerprint density at radius 1 is 1.32 bits per heavy atom. The molecular weight excluding hydrogens is 302 g/mol. The third kappa shape index (κ3) is 3.56. The second-order valence-electron chi connectivity index (χ2n) is 4.95. The van der Waals surface area contributed by atoms with Gasteiger partial charge in [-0.3, -0.25) is 4.79 Å². The molecule has 4 nitrogen and oxygen atoms in total. The Morgan fingerprint density at radius 2 is 2.00 bits per heavy atom. The molecule has 1 atom stereocenters. The first kappa shape index (κ1) is 16.3. The zero-order valence-corrected chi connectivity index (χ0v) is 11.5. The summed E-state index contributed by atoms with van der Waals surface area (Å²) < 4.78 is 49.5. The van der Waals surface area contributed by atoms with Crippen LogP contribution in [0.3, 0.4) is 0 Å². The van der Waals surface area contributed by atoms with E-state index < -0.39 is 30.8 Å². The minimum Gasteiger partial charge on any atom is -0.361 e. The molecule has 1 aromatic carbocycles. The molecule has 0 saturated carbocycles. The molecule has 1 heterocycles. The molecule has 0 bridgehead atoms. The molecule has 0 radical (unpaired) electrons. The molecule has 1 aromatic heterocycles. The maximum Gasteiger partial charge on any atom is 0.324 e. The van der Waals surface area contributed by atoms with Crippen molar-refractivity contribution in [2.75, 3.05) is 6.54 Å². The lowest BCUT2D eigenvalue weighted by atomic mass is 10.1. The number of amides is 1. The molecule has 0 saturated heterocycles. The summed E-state index contributed by atoms with van der Waals surface area (Å²) in [4.78, 5) is 14.6. The van der Waals surface area contributed by atoms with Crippen LogP contribution in [-0.4, -0.2) is 35.8 Å². The van der Waals surface area contributed by atoms with Gasteiger partial charge in [-0.25, -0.2) is 8.78 Å². The van der Waals surface area contributed by atoms with E-state index in [9.17, 15) is 22.4 Å². The Hall–Kier alpha value is -2.09. The highest BCUT2D eigenvalue weighted by atomic mass is 19.3. The van der Waals surface area contributed by atoms with E-state index in [2.05, 4.69) is 4.98 Å². The summed E-state index contributed by atoms with van der Waals surface area (Å²) >= 11 is 0. The van der Waals surface area contributed by atoms with E-state index in [-0.39, 0.29) is 6.42 Å². The Morgan fingerprint density at radius 3 is 2.68 bits per heavy atom. The molecular formula is C14H15F4N3O. The van der Waals surface area contributed by atoms with Crippen LogP contribution in [0.1, 0.15) is 5.56 Å². The van der Waals surface area contributed by atoms with Gasteiger partial charge in [0.25, 0.3) is 0 Å². The van der Waals surface area contributed by atoms with Gasteiger partial charge in [0.05, 0.1) is 12.6 Å². The molecule has 0 aliphatic rings. The highest BCUT2D eigenvalue weighted by molar-refractivity contribution is 5.86. The lowest BCUT2D eigenvalue weighted by molar-refractivity contribution is -0.137. The number of para-hydroxylation sites is 1. The van der Waals surface area contributed by atoms with Crippen LogP contribution in [0.5, 0.6) is 0 Å². The molecule has 0 unspecified atom stereocenters. The zero-order valence-electron chi connectivity index (χ0n) is 11.5. The monoisotopic (exact) mass is 317 g/mol. The molecule has 120 valence electrons. The van der Waals surface area contributed by atoms with Crippen molar-refractivity contribution in [3.63, 3.8) is 0 Å². The minimum absolute atomic E-state index is 0.107. The van der Waals surface area contributed by atoms with Crippen LogP contribution in [-0.2, 0) is 11.2 Å². The van der Waals surface area contributed by atoms with Crippen molar-refractivity contribution >= 4 is 16.8 Å². The molecule has 0 spiro atoms. The first-order chi connectivity index (χ1) is 10.3. The summed E-state index contributed by atoms with van der Waals surface area (Å²) in [6.45, 7) is -1.44. The van der Waals surface area contributed by atoms with E-state index in [0.717, 1.165) is 16.5 Å². The molecule has 4 N–H and O–H groups in total. The number of halogens is 4. The largest absolute Gasteiger partial charge is 0.361 e. The molecule has 8 heteroatoms.